The highest BCUT2D eigenvalue weighted by atomic mass is 15.5. The van der Waals surface area contributed by atoms with Crippen molar-refractivity contribution in [2.24, 2.45) is 0 Å². The van der Waals surface area contributed by atoms with E-state index in [1.165, 1.54) is 16.7 Å². The molecule has 0 radical (unpaired) electrons. The molecule has 4 heteroatoms. The first-order valence-corrected chi connectivity index (χ1v) is 11.1. The van der Waals surface area contributed by atoms with Crippen LogP contribution in [0.3, 0.4) is 0 Å². The van der Waals surface area contributed by atoms with Crippen LogP contribution in [0.2, 0.25) is 0 Å². The Hall–Kier alpha value is -3.24. The lowest BCUT2D eigenvalue weighted by atomic mass is 10.0. The Kier molecular flexibility index (Phi) is 6.90. The van der Waals surface area contributed by atoms with Crippen LogP contribution in [0.4, 0.5) is 0 Å². The molecule has 0 saturated carbocycles. The van der Waals surface area contributed by atoms with Gasteiger partial charge in [-0.1, -0.05) is 104 Å². The van der Waals surface area contributed by atoms with Gasteiger partial charge in [-0.05, 0) is 24.5 Å². The van der Waals surface area contributed by atoms with E-state index in [9.17, 15) is 0 Å². The molecule has 1 aromatic heterocycles. The van der Waals surface area contributed by atoms with Crippen LogP contribution >= 0.6 is 0 Å². The summed E-state index contributed by atoms with van der Waals surface area (Å²) in [7, 11) is 0. The molecule has 0 amide bonds. The Morgan fingerprint density at radius 3 is 2.19 bits per heavy atom. The van der Waals surface area contributed by atoms with Crippen molar-refractivity contribution in [2.45, 2.75) is 45.8 Å². The van der Waals surface area contributed by atoms with Crippen molar-refractivity contribution in [2.75, 3.05) is 0 Å². The van der Waals surface area contributed by atoms with E-state index in [4.69, 9.17) is 10.2 Å². The SMILES string of the molecule is CCC[C@@H](NCc1nn(Cc2ccc(C)cc2)nc1-c1ccccc1)c1ccccc1. The van der Waals surface area contributed by atoms with Gasteiger partial charge in [-0.2, -0.15) is 15.0 Å². The van der Waals surface area contributed by atoms with Crippen molar-refractivity contribution in [1.82, 2.24) is 20.3 Å². The van der Waals surface area contributed by atoms with Crippen molar-refractivity contribution in [3.8, 4) is 11.3 Å². The van der Waals surface area contributed by atoms with Gasteiger partial charge in [0.15, 0.2) is 0 Å². The largest absolute Gasteiger partial charge is 0.304 e. The summed E-state index contributed by atoms with van der Waals surface area (Å²) >= 11 is 0. The second-order valence-electron chi connectivity index (χ2n) is 8.01. The second-order valence-corrected chi connectivity index (χ2v) is 8.01. The van der Waals surface area contributed by atoms with Crippen LogP contribution in [0, 0.1) is 6.92 Å². The molecule has 0 bridgehead atoms. The number of hydrogen-bond acceptors (Lipinski definition) is 3. The molecule has 3 aromatic carbocycles. The first kappa shape index (κ1) is 21.0. The predicted molar refractivity (Wildman–Crippen MR) is 127 cm³/mol. The van der Waals surface area contributed by atoms with Crippen molar-refractivity contribution in [3.63, 3.8) is 0 Å². The highest BCUT2D eigenvalue weighted by Crippen LogP contribution is 2.23. The third-order valence-corrected chi connectivity index (χ3v) is 5.51. The fourth-order valence-electron chi connectivity index (χ4n) is 3.83. The van der Waals surface area contributed by atoms with Crippen LogP contribution in [-0.4, -0.2) is 15.0 Å². The molecular formula is C27H30N4. The average molecular weight is 411 g/mol. The minimum absolute atomic E-state index is 0.303. The summed E-state index contributed by atoms with van der Waals surface area (Å²) in [5, 5.41) is 13.5. The summed E-state index contributed by atoms with van der Waals surface area (Å²) in [5.74, 6) is 0. The molecule has 0 saturated heterocycles. The summed E-state index contributed by atoms with van der Waals surface area (Å²) in [4.78, 5) is 1.82. The zero-order chi connectivity index (χ0) is 21.5. The molecule has 0 aliphatic rings. The number of hydrogen-bond donors (Lipinski definition) is 1. The molecule has 0 spiro atoms. The van der Waals surface area contributed by atoms with Crippen molar-refractivity contribution in [3.05, 3.63) is 107 Å². The predicted octanol–water partition coefficient (Wildman–Crippen LogP) is 5.93. The minimum atomic E-state index is 0.303. The maximum Gasteiger partial charge on any atom is 0.117 e. The Balaban J connectivity index is 1.58. The molecule has 31 heavy (non-hydrogen) atoms. The zero-order valence-electron chi connectivity index (χ0n) is 18.3. The van der Waals surface area contributed by atoms with Crippen molar-refractivity contribution in [1.29, 1.82) is 0 Å². The third kappa shape index (κ3) is 5.47. The number of aryl methyl sites for hydroxylation is 1. The third-order valence-electron chi connectivity index (χ3n) is 5.51. The summed E-state index contributed by atoms with van der Waals surface area (Å²) in [5.41, 5.74) is 6.81. The standard InChI is InChI=1S/C27H30N4/c1-3-10-25(23-11-6-4-7-12-23)28-19-26-27(24-13-8-5-9-14-24)30-31(29-26)20-22-17-15-21(2)16-18-22/h4-9,11-18,25,28H,3,10,19-20H2,1-2H3/t25-/m1/s1. The van der Waals surface area contributed by atoms with Crippen LogP contribution in [0.1, 0.15) is 48.2 Å². The zero-order valence-corrected chi connectivity index (χ0v) is 18.3. The van der Waals surface area contributed by atoms with Gasteiger partial charge in [0.1, 0.15) is 11.4 Å². The van der Waals surface area contributed by atoms with Gasteiger partial charge >= 0.3 is 0 Å². The number of rotatable bonds is 9. The fraction of sp³-hybridized carbons (Fsp3) is 0.259. The number of aromatic nitrogens is 3. The normalized spacial score (nSPS) is 12.1. The van der Waals surface area contributed by atoms with E-state index in [0.717, 1.165) is 29.8 Å². The number of nitrogens with one attached hydrogen (secondary N) is 1. The summed E-state index contributed by atoms with van der Waals surface area (Å²) in [6.07, 6.45) is 2.21. The fourth-order valence-corrected chi connectivity index (χ4v) is 3.83. The molecule has 1 atom stereocenters. The Morgan fingerprint density at radius 2 is 1.52 bits per heavy atom. The van der Waals surface area contributed by atoms with Gasteiger partial charge in [-0.3, -0.25) is 0 Å². The molecular weight excluding hydrogens is 380 g/mol. The first-order valence-electron chi connectivity index (χ1n) is 11.1. The van der Waals surface area contributed by atoms with E-state index in [1.54, 1.807) is 0 Å². The van der Waals surface area contributed by atoms with Crippen LogP contribution in [0.15, 0.2) is 84.9 Å². The number of benzene rings is 3. The van der Waals surface area contributed by atoms with Gasteiger partial charge in [0, 0.05) is 18.2 Å². The molecule has 0 unspecified atom stereocenters. The lowest BCUT2D eigenvalue weighted by Crippen LogP contribution is -2.21. The van der Waals surface area contributed by atoms with Gasteiger partial charge in [0.05, 0.1) is 6.54 Å². The van der Waals surface area contributed by atoms with Gasteiger partial charge in [0.25, 0.3) is 0 Å². The van der Waals surface area contributed by atoms with Gasteiger partial charge in [-0.15, -0.1) is 0 Å². The van der Waals surface area contributed by atoms with E-state index in [1.807, 2.05) is 10.9 Å². The van der Waals surface area contributed by atoms with Crippen molar-refractivity contribution < 1.29 is 0 Å². The second kappa shape index (κ2) is 10.2. The van der Waals surface area contributed by atoms with Crippen LogP contribution in [0.5, 0.6) is 0 Å². The van der Waals surface area contributed by atoms with Crippen LogP contribution in [-0.2, 0) is 13.1 Å². The minimum Gasteiger partial charge on any atom is -0.304 e. The average Bonchev–Trinajstić information content (AvgIpc) is 3.22. The molecule has 158 valence electrons. The van der Waals surface area contributed by atoms with E-state index in [0.29, 0.717) is 19.1 Å². The van der Waals surface area contributed by atoms with Crippen molar-refractivity contribution >= 4 is 0 Å². The Morgan fingerprint density at radius 1 is 0.839 bits per heavy atom. The smallest absolute Gasteiger partial charge is 0.117 e. The summed E-state index contributed by atoms with van der Waals surface area (Å²) in [6, 6.07) is 29.9. The Bertz CT molecular complexity index is 1070. The molecule has 1 N–H and O–H groups in total. The maximum absolute atomic E-state index is 4.87. The molecule has 0 aliphatic carbocycles. The Labute approximate surface area is 185 Å². The van der Waals surface area contributed by atoms with Crippen LogP contribution < -0.4 is 5.32 Å². The summed E-state index contributed by atoms with van der Waals surface area (Å²) in [6.45, 7) is 5.67. The molecule has 4 aromatic rings. The van der Waals surface area contributed by atoms with E-state index >= 15 is 0 Å². The first-order chi connectivity index (χ1) is 15.2. The molecule has 0 fully saturated rings. The summed E-state index contributed by atoms with van der Waals surface area (Å²) < 4.78 is 0. The van der Waals surface area contributed by atoms with E-state index in [2.05, 4.69) is 98.0 Å². The highest BCUT2D eigenvalue weighted by molar-refractivity contribution is 5.60. The molecule has 4 rings (SSSR count). The van der Waals surface area contributed by atoms with E-state index < -0.39 is 0 Å². The van der Waals surface area contributed by atoms with Gasteiger partial charge < -0.3 is 5.32 Å². The molecule has 1 heterocycles. The maximum atomic E-state index is 4.87. The number of nitrogens with zero attached hydrogens (tertiary/aromatic N) is 3. The van der Waals surface area contributed by atoms with E-state index in [-0.39, 0.29) is 0 Å². The molecule has 0 aliphatic heterocycles. The lowest BCUT2D eigenvalue weighted by Gasteiger charge is -2.18. The monoisotopic (exact) mass is 410 g/mol. The quantitative estimate of drug-likeness (QED) is 0.372. The topological polar surface area (TPSA) is 42.7 Å². The molecule has 4 nitrogen and oxygen atoms in total. The van der Waals surface area contributed by atoms with Crippen LogP contribution in [0.25, 0.3) is 11.3 Å². The van der Waals surface area contributed by atoms with Gasteiger partial charge in [-0.25, -0.2) is 0 Å². The lowest BCUT2D eigenvalue weighted by molar-refractivity contribution is 0.485. The van der Waals surface area contributed by atoms with Gasteiger partial charge in [0.2, 0.25) is 0 Å². The highest BCUT2D eigenvalue weighted by Gasteiger charge is 2.16.